The molecular weight excluding hydrogens is 684 g/mol. The van der Waals surface area contributed by atoms with Crippen molar-refractivity contribution < 1.29 is 33.3 Å². The molecule has 13 heteroatoms. The zero-order chi connectivity index (χ0) is 30.0. The SMILES string of the molecule is CCOC(=O)C1=C(C)N=c2s/c(=C\c3cc(Br)c(OC(C)=O)c(OC)c3)c(=O)n2[C@H]1c1cc(OC)c(OC)cc1Br. The van der Waals surface area contributed by atoms with E-state index in [0.717, 1.165) is 0 Å². The molecule has 10 nitrogen and oxygen atoms in total. The van der Waals surface area contributed by atoms with Crippen molar-refractivity contribution in [3.63, 3.8) is 0 Å². The van der Waals surface area contributed by atoms with Gasteiger partial charge in [-0.25, -0.2) is 9.79 Å². The molecule has 0 saturated heterocycles. The molecule has 2 heterocycles. The topological polar surface area (TPSA) is 115 Å². The fourth-order valence-electron chi connectivity index (χ4n) is 4.38. The molecule has 0 spiro atoms. The third kappa shape index (κ3) is 5.97. The van der Waals surface area contributed by atoms with Crippen molar-refractivity contribution in [2.75, 3.05) is 27.9 Å². The number of nitrogens with zero attached hydrogens (tertiary/aromatic N) is 2. The maximum Gasteiger partial charge on any atom is 0.338 e. The highest BCUT2D eigenvalue weighted by Crippen LogP contribution is 2.41. The van der Waals surface area contributed by atoms with Crippen molar-refractivity contribution in [2.24, 2.45) is 4.99 Å². The summed E-state index contributed by atoms with van der Waals surface area (Å²) in [5.74, 6) is 0.359. The summed E-state index contributed by atoms with van der Waals surface area (Å²) in [6.45, 7) is 4.87. The minimum Gasteiger partial charge on any atom is -0.493 e. The maximum atomic E-state index is 14.0. The number of fused-ring (bicyclic) bond motifs is 1. The van der Waals surface area contributed by atoms with Crippen molar-refractivity contribution in [1.82, 2.24) is 4.57 Å². The van der Waals surface area contributed by atoms with E-state index in [1.165, 1.54) is 44.2 Å². The molecule has 0 amide bonds. The Morgan fingerprint density at radius 1 is 1.02 bits per heavy atom. The molecule has 2 aromatic carbocycles. The van der Waals surface area contributed by atoms with Gasteiger partial charge in [0.1, 0.15) is 0 Å². The molecule has 216 valence electrons. The zero-order valence-corrected chi connectivity index (χ0v) is 27.0. The Morgan fingerprint density at radius 2 is 1.68 bits per heavy atom. The lowest BCUT2D eigenvalue weighted by Crippen LogP contribution is -2.40. The molecule has 0 radical (unpaired) electrons. The standard InChI is InChI=1S/C28H26Br2N2O8S/c1-7-39-27(35)23-13(2)31-28-32(24(23)16-11-19(36-4)20(37-5)12-17(16)29)26(34)22(41-28)10-15-8-18(30)25(40-14(3)33)21(9-15)38-6/h8-12,24H,7H2,1-6H3/b22-10-/t24-/m0/s1. The van der Waals surface area contributed by atoms with Gasteiger partial charge in [0.05, 0.1) is 54.3 Å². The Labute approximate surface area is 256 Å². The van der Waals surface area contributed by atoms with Crippen LogP contribution in [-0.4, -0.2) is 44.4 Å². The smallest absolute Gasteiger partial charge is 0.338 e. The second-order valence-electron chi connectivity index (χ2n) is 8.66. The Bertz CT molecular complexity index is 1760. The van der Waals surface area contributed by atoms with Crippen molar-refractivity contribution in [2.45, 2.75) is 26.8 Å². The van der Waals surface area contributed by atoms with Gasteiger partial charge in [0, 0.05) is 11.4 Å². The first kappa shape index (κ1) is 30.5. The first-order valence-electron chi connectivity index (χ1n) is 12.2. The lowest BCUT2D eigenvalue weighted by Gasteiger charge is -2.26. The van der Waals surface area contributed by atoms with E-state index in [2.05, 4.69) is 36.9 Å². The van der Waals surface area contributed by atoms with E-state index in [4.69, 9.17) is 23.7 Å². The first-order valence-corrected chi connectivity index (χ1v) is 14.6. The summed E-state index contributed by atoms with van der Waals surface area (Å²) in [7, 11) is 4.48. The summed E-state index contributed by atoms with van der Waals surface area (Å²) in [5, 5.41) is 0. The highest BCUT2D eigenvalue weighted by molar-refractivity contribution is 9.10. The molecule has 1 aliphatic heterocycles. The third-order valence-corrected chi connectivity index (χ3v) is 8.37. The quantitative estimate of drug-likeness (QED) is 0.252. The van der Waals surface area contributed by atoms with Crippen LogP contribution in [-0.2, 0) is 14.3 Å². The first-order chi connectivity index (χ1) is 19.5. The molecular formula is C28H26Br2N2O8S. The van der Waals surface area contributed by atoms with Crippen LogP contribution in [0.5, 0.6) is 23.0 Å². The number of ether oxygens (including phenoxy) is 5. The van der Waals surface area contributed by atoms with Gasteiger partial charge >= 0.3 is 11.9 Å². The molecule has 0 saturated carbocycles. The van der Waals surface area contributed by atoms with Crippen LogP contribution in [0, 0.1) is 0 Å². The number of halogens is 2. The molecule has 3 aromatic rings. The molecule has 1 atom stereocenters. The molecule has 0 aliphatic carbocycles. The van der Waals surface area contributed by atoms with Gasteiger partial charge < -0.3 is 23.7 Å². The van der Waals surface area contributed by atoms with Gasteiger partial charge in [-0.3, -0.25) is 14.2 Å². The number of methoxy groups -OCH3 is 3. The number of allylic oxidation sites excluding steroid dienone is 1. The van der Waals surface area contributed by atoms with Gasteiger partial charge in [-0.15, -0.1) is 0 Å². The van der Waals surface area contributed by atoms with E-state index in [1.807, 2.05) is 0 Å². The van der Waals surface area contributed by atoms with Crippen molar-refractivity contribution in [1.29, 1.82) is 0 Å². The summed E-state index contributed by atoms with van der Waals surface area (Å²) in [6, 6.07) is 5.93. The van der Waals surface area contributed by atoms with Crippen LogP contribution in [0.2, 0.25) is 0 Å². The molecule has 0 unspecified atom stereocenters. The molecule has 4 rings (SSSR count). The number of hydrogen-bond acceptors (Lipinski definition) is 10. The van der Waals surface area contributed by atoms with Crippen LogP contribution in [0.4, 0.5) is 0 Å². The van der Waals surface area contributed by atoms with Crippen molar-refractivity contribution >= 4 is 61.2 Å². The monoisotopic (exact) mass is 708 g/mol. The number of aromatic nitrogens is 1. The lowest BCUT2D eigenvalue weighted by molar-refractivity contribution is -0.139. The number of rotatable bonds is 8. The fraction of sp³-hybridized carbons (Fsp3) is 0.286. The summed E-state index contributed by atoms with van der Waals surface area (Å²) in [4.78, 5) is 43.8. The largest absolute Gasteiger partial charge is 0.493 e. The van der Waals surface area contributed by atoms with E-state index >= 15 is 0 Å². The summed E-state index contributed by atoms with van der Waals surface area (Å²) < 4.78 is 29.9. The maximum absolute atomic E-state index is 14.0. The minimum atomic E-state index is -0.866. The van der Waals surface area contributed by atoms with Crippen molar-refractivity contribution in [3.05, 3.63) is 75.3 Å². The van der Waals surface area contributed by atoms with Crippen LogP contribution in [0.3, 0.4) is 0 Å². The second kappa shape index (κ2) is 12.6. The van der Waals surface area contributed by atoms with E-state index in [0.29, 0.717) is 52.4 Å². The van der Waals surface area contributed by atoms with Crippen molar-refractivity contribution in [3.8, 4) is 23.0 Å². The Hall–Kier alpha value is -3.42. The van der Waals surface area contributed by atoms with Crippen LogP contribution >= 0.6 is 43.2 Å². The predicted molar refractivity (Wildman–Crippen MR) is 160 cm³/mol. The number of thiazole rings is 1. The van der Waals surface area contributed by atoms with Gasteiger partial charge in [0.2, 0.25) is 0 Å². The van der Waals surface area contributed by atoms with E-state index in [-0.39, 0.29) is 23.5 Å². The van der Waals surface area contributed by atoms with Crippen LogP contribution in [0.15, 0.2) is 54.3 Å². The summed E-state index contributed by atoms with van der Waals surface area (Å²) >= 11 is 8.18. The molecule has 1 aliphatic rings. The molecule has 0 fully saturated rings. The summed E-state index contributed by atoms with van der Waals surface area (Å²) in [5.41, 5.74) is 1.49. The van der Waals surface area contributed by atoms with Gasteiger partial charge in [-0.2, -0.15) is 0 Å². The highest BCUT2D eigenvalue weighted by Gasteiger charge is 2.35. The average Bonchev–Trinajstić information content (AvgIpc) is 3.22. The number of carbonyl (C=O) groups excluding carboxylic acids is 2. The summed E-state index contributed by atoms with van der Waals surface area (Å²) in [6.07, 6.45) is 1.68. The lowest BCUT2D eigenvalue weighted by atomic mass is 9.95. The Morgan fingerprint density at radius 3 is 2.29 bits per heavy atom. The molecule has 0 bridgehead atoms. The number of benzene rings is 2. The zero-order valence-electron chi connectivity index (χ0n) is 23.0. The Kier molecular flexibility index (Phi) is 9.40. The van der Waals surface area contributed by atoms with Gasteiger partial charge in [-0.05, 0) is 71.2 Å². The molecule has 0 N–H and O–H groups in total. The minimum absolute atomic E-state index is 0.153. The second-order valence-corrected chi connectivity index (χ2v) is 11.4. The molecule has 1 aromatic heterocycles. The van der Waals surface area contributed by atoms with Gasteiger partial charge in [0.25, 0.3) is 5.56 Å². The predicted octanol–water partition coefficient (Wildman–Crippen LogP) is 4.27. The van der Waals surface area contributed by atoms with Crippen LogP contribution < -0.4 is 33.8 Å². The number of esters is 2. The fourth-order valence-corrected chi connectivity index (χ4v) is 6.51. The van der Waals surface area contributed by atoms with Crippen LogP contribution in [0.25, 0.3) is 6.08 Å². The third-order valence-electron chi connectivity index (χ3n) is 6.11. The highest BCUT2D eigenvalue weighted by atomic mass is 79.9. The average molecular weight is 710 g/mol. The Balaban J connectivity index is 1.98. The number of hydrogen-bond donors (Lipinski definition) is 0. The van der Waals surface area contributed by atoms with E-state index < -0.39 is 18.0 Å². The van der Waals surface area contributed by atoms with Crippen LogP contribution in [0.1, 0.15) is 37.9 Å². The van der Waals surface area contributed by atoms with E-state index in [9.17, 15) is 14.4 Å². The molecule has 41 heavy (non-hydrogen) atoms. The van der Waals surface area contributed by atoms with E-state index in [1.54, 1.807) is 44.2 Å². The van der Waals surface area contributed by atoms with Gasteiger partial charge in [-0.1, -0.05) is 27.3 Å². The van der Waals surface area contributed by atoms with Gasteiger partial charge in [0.15, 0.2) is 27.8 Å². The normalized spacial score (nSPS) is 14.7. The number of carbonyl (C=O) groups is 2.